The van der Waals surface area contributed by atoms with Gasteiger partial charge in [-0.3, -0.25) is 9.80 Å². The monoisotopic (exact) mass is 385 g/mol. The minimum atomic E-state index is 0.00419. The molecule has 4 aliphatic heterocycles. The number of urea groups is 1. The summed E-state index contributed by atoms with van der Waals surface area (Å²) in [4.78, 5) is 24.5. The quantitative estimate of drug-likeness (QED) is 0.849. The van der Waals surface area contributed by atoms with E-state index >= 15 is 0 Å². The number of hydrogen-bond acceptors (Lipinski definition) is 6. The molecular formula is C19H23N5O2S. The number of benzene rings is 1. The number of thiazole rings is 1. The molecule has 1 aromatic heterocycles. The molecule has 4 aliphatic rings. The molecule has 2 atom stereocenters. The molecule has 2 amide bonds. The summed E-state index contributed by atoms with van der Waals surface area (Å²) in [5.74, 6) is 0.945. The second-order valence-corrected chi connectivity index (χ2v) is 9.14. The molecule has 2 aromatic rings. The van der Waals surface area contributed by atoms with Gasteiger partial charge < -0.3 is 15.0 Å². The minimum Gasteiger partial charge on any atom is -0.493 e. The first-order chi connectivity index (χ1) is 13.2. The van der Waals surface area contributed by atoms with Crippen LogP contribution in [0.4, 0.5) is 9.93 Å². The number of amides is 2. The number of aromatic nitrogens is 1. The first kappa shape index (κ1) is 16.1. The van der Waals surface area contributed by atoms with E-state index in [1.54, 1.807) is 11.3 Å². The van der Waals surface area contributed by atoms with Crippen LogP contribution in [0.25, 0.3) is 10.2 Å². The highest BCUT2D eigenvalue weighted by Gasteiger charge is 2.46. The first-order valence-corrected chi connectivity index (χ1v) is 10.6. The maximum atomic E-state index is 12.8. The van der Waals surface area contributed by atoms with E-state index < -0.39 is 0 Å². The summed E-state index contributed by atoms with van der Waals surface area (Å²) >= 11 is 1.62. The van der Waals surface area contributed by atoms with Crippen molar-refractivity contribution in [2.75, 3.05) is 44.7 Å². The Labute approximate surface area is 161 Å². The van der Waals surface area contributed by atoms with Crippen molar-refractivity contribution in [1.82, 2.24) is 20.1 Å². The standard InChI is InChI=1S/C19H23N5O2S/c1-22-8-11(9-22)23-6-4-13-14(10-23)24(18(25)20-13)19-21-17-12-5-7-26-15(12)2-3-16(17)27-19/h2-3,11,13-14H,4-10H2,1H3,(H,20,25)/t13-,14+/m0/s1. The summed E-state index contributed by atoms with van der Waals surface area (Å²) in [5, 5.41) is 4.02. The van der Waals surface area contributed by atoms with E-state index in [0.717, 1.165) is 66.7 Å². The fourth-order valence-electron chi connectivity index (χ4n) is 4.98. The third-order valence-corrected chi connectivity index (χ3v) is 7.48. The molecule has 142 valence electrons. The molecule has 0 unspecified atom stereocenters. The van der Waals surface area contributed by atoms with Gasteiger partial charge in [-0.25, -0.2) is 9.78 Å². The van der Waals surface area contributed by atoms with E-state index in [9.17, 15) is 4.79 Å². The zero-order chi connectivity index (χ0) is 18.1. The smallest absolute Gasteiger partial charge is 0.324 e. The Morgan fingerprint density at radius 2 is 2.19 bits per heavy atom. The molecule has 1 aromatic carbocycles. The van der Waals surface area contributed by atoms with Crippen molar-refractivity contribution in [2.24, 2.45) is 0 Å². The number of likely N-dealkylation sites (N-methyl/N-ethyl adjacent to an activating group) is 1. The fraction of sp³-hybridized carbons (Fsp3) is 0.579. The molecule has 0 spiro atoms. The number of piperidine rings is 1. The maximum absolute atomic E-state index is 12.8. The molecule has 6 rings (SSSR count). The van der Waals surface area contributed by atoms with Crippen LogP contribution in [0.5, 0.6) is 5.75 Å². The van der Waals surface area contributed by atoms with Crippen LogP contribution >= 0.6 is 11.3 Å². The molecule has 3 fully saturated rings. The number of fused-ring (bicyclic) bond motifs is 4. The lowest BCUT2D eigenvalue weighted by Gasteiger charge is -2.47. The predicted octanol–water partition coefficient (Wildman–Crippen LogP) is 1.52. The Morgan fingerprint density at radius 3 is 3.04 bits per heavy atom. The summed E-state index contributed by atoms with van der Waals surface area (Å²) < 4.78 is 6.82. The number of hydrogen-bond donors (Lipinski definition) is 1. The van der Waals surface area contributed by atoms with Gasteiger partial charge in [-0.15, -0.1) is 0 Å². The van der Waals surface area contributed by atoms with Gasteiger partial charge >= 0.3 is 6.03 Å². The van der Waals surface area contributed by atoms with E-state index in [4.69, 9.17) is 9.72 Å². The van der Waals surface area contributed by atoms with Crippen molar-refractivity contribution in [2.45, 2.75) is 31.0 Å². The molecule has 0 radical (unpaired) electrons. The van der Waals surface area contributed by atoms with Crippen LogP contribution in [0.15, 0.2) is 12.1 Å². The average Bonchev–Trinajstić information content (AvgIpc) is 3.32. The fourth-order valence-corrected chi connectivity index (χ4v) is 6.04. The van der Waals surface area contributed by atoms with Crippen LogP contribution in [-0.4, -0.2) is 78.8 Å². The molecule has 3 saturated heterocycles. The van der Waals surface area contributed by atoms with Gasteiger partial charge in [0.2, 0.25) is 0 Å². The Kier molecular flexibility index (Phi) is 3.45. The molecule has 27 heavy (non-hydrogen) atoms. The van der Waals surface area contributed by atoms with Gasteiger partial charge in [-0.2, -0.15) is 0 Å². The van der Waals surface area contributed by atoms with E-state index in [2.05, 4.69) is 28.2 Å². The topological polar surface area (TPSA) is 60.9 Å². The van der Waals surface area contributed by atoms with Crippen LogP contribution < -0.4 is 15.0 Å². The van der Waals surface area contributed by atoms with E-state index in [-0.39, 0.29) is 18.1 Å². The second-order valence-electron chi connectivity index (χ2n) is 8.14. The van der Waals surface area contributed by atoms with Crippen molar-refractivity contribution < 1.29 is 9.53 Å². The Balaban J connectivity index is 1.33. The Morgan fingerprint density at radius 1 is 1.30 bits per heavy atom. The predicted molar refractivity (Wildman–Crippen MR) is 105 cm³/mol. The van der Waals surface area contributed by atoms with Crippen molar-refractivity contribution >= 4 is 32.7 Å². The summed E-state index contributed by atoms with van der Waals surface area (Å²) in [6, 6.07) is 5.14. The average molecular weight is 385 g/mol. The number of carbonyl (C=O) groups excluding carboxylic acids is 1. The van der Waals surface area contributed by atoms with Gasteiger partial charge in [0.1, 0.15) is 5.75 Å². The summed E-state index contributed by atoms with van der Waals surface area (Å²) in [6.07, 6.45) is 1.92. The highest BCUT2D eigenvalue weighted by atomic mass is 32.1. The van der Waals surface area contributed by atoms with Gasteiger partial charge in [0.25, 0.3) is 0 Å². The molecule has 1 N–H and O–H groups in total. The van der Waals surface area contributed by atoms with Crippen LogP contribution in [0.2, 0.25) is 0 Å². The summed E-state index contributed by atoms with van der Waals surface area (Å²) in [7, 11) is 2.17. The van der Waals surface area contributed by atoms with Gasteiger partial charge in [0.15, 0.2) is 5.13 Å². The summed E-state index contributed by atoms with van der Waals surface area (Å²) in [6.45, 7) is 4.98. The van der Waals surface area contributed by atoms with Gasteiger partial charge in [-0.1, -0.05) is 11.3 Å². The molecule has 8 heteroatoms. The number of likely N-dealkylation sites (tertiary alicyclic amines) is 2. The number of nitrogens with zero attached hydrogens (tertiary/aromatic N) is 4. The third-order valence-electron chi connectivity index (χ3n) is 6.46. The molecule has 0 saturated carbocycles. The lowest BCUT2D eigenvalue weighted by molar-refractivity contribution is 0.0322. The number of carbonyl (C=O) groups is 1. The SMILES string of the molecule is CN1CC(N2CC[C@@H]3NC(=O)N(c4nc5c6c(ccc5s4)OCC6)[C@@H]3C2)C1. The number of ether oxygens (including phenoxy) is 1. The second kappa shape index (κ2) is 5.80. The normalized spacial score (nSPS) is 28.8. The Hall–Kier alpha value is -1.90. The van der Waals surface area contributed by atoms with Crippen molar-refractivity contribution in [1.29, 1.82) is 0 Å². The maximum Gasteiger partial charge on any atom is 0.324 e. The highest BCUT2D eigenvalue weighted by molar-refractivity contribution is 7.22. The highest BCUT2D eigenvalue weighted by Crippen LogP contribution is 2.39. The van der Waals surface area contributed by atoms with Crippen molar-refractivity contribution in [3.8, 4) is 5.75 Å². The van der Waals surface area contributed by atoms with Crippen LogP contribution in [-0.2, 0) is 6.42 Å². The number of nitrogens with one attached hydrogen (secondary N) is 1. The molecular weight excluding hydrogens is 362 g/mol. The minimum absolute atomic E-state index is 0.00419. The molecule has 7 nitrogen and oxygen atoms in total. The van der Waals surface area contributed by atoms with Gasteiger partial charge in [0, 0.05) is 44.2 Å². The number of rotatable bonds is 2. The largest absolute Gasteiger partial charge is 0.493 e. The summed E-state index contributed by atoms with van der Waals surface area (Å²) in [5.41, 5.74) is 2.20. The molecule has 0 bridgehead atoms. The van der Waals surface area contributed by atoms with Crippen LogP contribution in [0.3, 0.4) is 0 Å². The van der Waals surface area contributed by atoms with Crippen molar-refractivity contribution in [3.63, 3.8) is 0 Å². The van der Waals surface area contributed by atoms with E-state index in [1.165, 1.54) is 5.56 Å². The van der Waals surface area contributed by atoms with Gasteiger partial charge in [-0.05, 0) is 25.6 Å². The first-order valence-electron chi connectivity index (χ1n) is 9.75. The van der Waals surface area contributed by atoms with E-state index in [1.807, 2.05) is 11.0 Å². The number of anilines is 1. The zero-order valence-corrected chi connectivity index (χ0v) is 16.2. The van der Waals surface area contributed by atoms with Crippen LogP contribution in [0.1, 0.15) is 12.0 Å². The zero-order valence-electron chi connectivity index (χ0n) is 15.4. The van der Waals surface area contributed by atoms with E-state index in [0.29, 0.717) is 6.04 Å². The molecule has 5 heterocycles. The van der Waals surface area contributed by atoms with Gasteiger partial charge in [0.05, 0.1) is 28.9 Å². The lowest BCUT2D eigenvalue weighted by Crippen LogP contribution is -2.63. The van der Waals surface area contributed by atoms with Crippen molar-refractivity contribution in [3.05, 3.63) is 17.7 Å². The third kappa shape index (κ3) is 2.40. The Bertz CT molecular complexity index is 924. The van der Waals surface area contributed by atoms with Crippen LogP contribution in [0, 0.1) is 0 Å². The molecule has 0 aliphatic carbocycles. The lowest BCUT2D eigenvalue weighted by atomic mass is 9.96.